The fourth-order valence-electron chi connectivity index (χ4n) is 3.08. The lowest BCUT2D eigenvalue weighted by atomic mass is 10.0. The van der Waals surface area contributed by atoms with E-state index in [0.29, 0.717) is 11.8 Å². The summed E-state index contributed by atoms with van der Waals surface area (Å²) < 4.78 is 0. The Morgan fingerprint density at radius 3 is 2.33 bits per heavy atom. The molecular formula is C13H23N3OS. The summed E-state index contributed by atoms with van der Waals surface area (Å²) in [5, 5.41) is 3.69. The predicted octanol–water partition coefficient (Wildman–Crippen LogP) is 0.594. The van der Waals surface area contributed by atoms with Crippen LogP contribution in [-0.4, -0.2) is 34.5 Å². The SMILES string of the molecule is NC1C(NC2CCCC2)SC(C(=O)C2CC2)C1N. The number of nitrogens with one attached hydrogen (secondary N) is 1. The molecule has 0 aromatic heterocycles. The van der Waals surface area contributed by atoms with Crippen molar-refractivity contribution in [2.75, 3.05) is 0 Å². The van der Waals surface area contributed by atoms with E-state index in [9.17, 15) is 4.79 Å². The normalized spacial score (nSPS) is 41.4. The lowest BCUT2D eigenvalue weighted by Gasteiger charge is -2.22. The number of ketones is 1. The van der Waals surface area contributed by atoms with Crippen molar-refractivity contribution in [1.29, 1.82) is 0 Å². The highest BCUT2D eigenvalue weighted by Gasteiger charge is 2.47. The van der Waals surface area contributed by atoms with Gasteiger partial charge in [0.05, 0.1) is 10.6 Å². The zero-order valence-corrected chi connectivity index (χ0v) is 11.5. The Kier molecular flexibility index (Phi) is 3.67. The van der Waals surface area contributed by atoms with Crippen molar-refractivity contribution >= 4 is 17.5 Å². The zero-order chi connectivity index (χ0) is 12.7. The second-order valence-electron chi connectivity index (χ2n) is 5.96. The molecule has 1 saturated heterocycles. The molecule has 0 radical (unpaired) electrons. The molecular weight excluding hydrogens is 246 g/mol. The third kappa shape index (κ3) is 2.46. The molecule has 4 unspecified atom stereocenters. The molecule has 18 heavy (non-hydrogen) atoms. The third-order valence-corrected chi connectivity index (χ3v) is 6.04. The molecule has 1 heterocycles. The van der Waals surface area contributed by atoms with E-state index >= 15 is 0 Å². The van der Waals surface area contributed by atoms with Crippen LogP contribution in [0.4, 0.5) is 0 Å². The Hall–Kier alpha value is -0.100. The monoisotopic (exact) mass is 269 g/mol. The first kappa shape index (κ1) is 12.9. The van der Waals surface area contributed by atoms with Gasteiger partial charge in [0.2, 0.25) is 0 Å². The van der Waals surface area contributed by atoms with E-state index in [-0.39, 0.29) is 28.6 Å². The molecule has 1 aliphatic heterocycles. The molecule has 3 rings (SSSR count). The van der Waals surface area contributed by atoms with Crippen LogP contribution >= 0.6 is 11.8 Å². The van der Waals surface area contributed by atoms with Crippen LogP contribution in [0.25, 0.3) is 0 Å². The summed E-state index contributed by atoms with van der Waals surface area (Å²) in [5.41, 5.74) is 12.3. The van der Waals surface area contributed by atoms with Gasteiger partial charge in [0, 0.05) is 24.0 Å². The molecule has 0 bridgehead atoms. The van der Waals surface area contributed by atoms with Gasteiger partial charge >= 0.3 is 0 Å². The fraction of sp³-hybridized carbons (Fsp3) is 0.923. The van der Waals surface area contributed by atoms with Crippen molar-refractivity contribution in [2.24, 2.45) is 17.4 Å². The van der Waals surface area contributed by atoms with E-state index < -0.39 is 0 Å². The molecule has 5 N–H and O–H groups in total. The molecule has 0 amide bonds. The molecule has 0 spiro atoms. The Bertz CT molecular complexity index is 328. The zero-order valence-electron chi connectivity index (χ0n) is 10.7. The number of hydrogen-bond acceptors (Lipinski definition) is 5. The van der Waals surface area contributed by atoms with E-state index in [1.165, 1.54) is 25.7 Å². The summed E-state index contributed by atoms with van der Waals surface area (Å²) in [4.78, 5) is 12.2. The van der Waals surface area contributed by atoms with Gasteiger partial charge in [-0.15, -0.1) is 11.8 Å². The van der Waals surface area contributed by atoms with Gasteiger partial charge in [-0.25, -0.2) is 0 Å². The first-order chi connectivity index (χ1) is 8.66. The topological polar surface area (TPSA) is 81.1 Å². The molecule has 2 aliphatic carbocycles. The maximum absolute atomic E-state index is 12.2. The summed E-state index contributed by atoms with van der Waals surface area (Å²) in [7, 11) is 0. The van der Waals surface area contributed by atoms with Crippen LogP contribution in [0.15, 0.2) is 0 Å². The van der Waals surface area contributed by atoms with Gasteiger partial charge in [0.25, 0.3) is 0 Å². The second kappa shape index (κ2) is 5.12. The molecule has 2 saturated carbocycles. The molecule has 0 aromatic carbocycles. The highest BCUT2D eigenvalue weighted by Crippen LogP contribution is 2.40. The first-order valence-corrected chi connectivity index (χ1v) is 8.07. The number of thioether (sulfide) groups is 1. The second-order valence-corrected chi connectivity index (χ2v) is 7.24. The molecule has 3 aliphatic rings. The van der Waals surface area contributed by atoms with Crippen molar-refractivity contribution < 1.29 is 4.79 Å². The van der Waals surface area contributed by atoms with Crippen molar-refractivity contribution in [3.63, 3.8) is 0 Å². The maximum atomic E-state index is 12.2. The largest absolute Gasteiger partial charge is 0.325 e. The van der Waals surface area contributed by atoms with Crippen LogP contribution in [0, 0.1) is 5.92 Å². The average Bonchev–Trinajstić information content (AvgIpc) is 3.03. The highest BCUT2D eigenvalue weighted by atomic mass is 32.2. The number of carbonyl (C=O) groups is 1. The van der Waals surface area contributed by atoms with E-state index in [0.717, 1.165) is 12.8 Å². The fourth-order valence-corrected chi connectivity index (χ4v) is 4.71. The number of hydrogen-bond donors (Lipinski definition) is 3. The summed E-state index contributed by atoms with van der Waals surface area (Å²) in [6, 6.07) is 0.306. The number of Topliss-reactive ketones (excluding diaryl/α,β-unsaturated/α-hetero) is 1. The van der Waals surface area contributed by atoms with Gasteiger partial charge in [-0.2, -0.15) is 0 Å². The molecule has 102 valence electrons. The predicted molar refractivity (Wildman–Crippen MR) is 74.2 cm³/mol. The van der Waals surface area contributed by atoms with Gasteiger partial charge in [0.15, 0.2) is 5.78 Å². The average molecular weight is 269 g/mol. The standard InChI is InChI=1S/C13H23N3OS/c14-9-10(15)13(16-8-3-1-2-4-8)18-12(9)11(17)7-5-6-7/h7-10,12-13,16H,1-6,14-15H2. The number of carbonyl (C=O) groups excluding carboxylic acids is 1. The minimum atomic E-state index is -0.179. The van der Waals surface area contributed by atoms with Crippen LogP contribution in [0.1, 0.15) is 38.5 Å². The molecule has 5 heteroatoms. The van der Waals surface area contributed by atoms with E-state index in [2.05, 4.69) is 5.32 Å². The van der Waals surface area contributed by atoms with Gasteiger partial charge in [-0.1, -0.05) is 12.8 Å². The van der Waals surface area contributed by atoms with Crippen molar-refractivity contribution in [1.82, 2.24) is 5.32 Å². The minimum Gasteiger partial charge on any atom is -0.325 e. The molecule has 0 aromatic rings. The molecule has 4 nitrogen and oxygen atoms in total. The van der Waals surface area contributed by atoms with Gasteiger partial charge in [-0.3, -0.25) is 4.79 Å². The highest BCUT2D eigenvalue weighted by molar-refractivity contribution is 8.01. The maximum Gasteiger partial charge on any atom is 0.150 e. The van der Waals surface area contributed by atoms with Crippen molar-refractivity contribution in [3.8, 4) is 0 Å². The lowest BCUT2D eigenvalue weighted by Crippen LogP contribution is -2.52. The Labute approximate surface area is 113 Å². The van der Waals surface area contributed by atoms with Crippen LogP contribution in [0.5, 0.6) is 0 Å². The summed E-state index contributed by atoms with van der Waals surface area (Å²) in [6.45, 7) is 0. The van der Waals surface area contributed by atoms with E-state index in [4.69, 9.17) is 11.5 Å². The van der Waals surface area contributed by atoms with Crippen LogP contribution in [0.2, 0.25) is 0 Å². The molecule has 4 atom stereocenters. The minimum absolute atomic E-state index is 0.0774. The number of nitrogens with two attached hydrogens (primary N) is 2. The van der Waals surface area contributed by atoms with E-state index in [1.807, 2.05) is 0 Å². The van der Waals surface area contributed by atoms with Crippen LogP contribution in [0.3, 0.4) is 0 Å². The quantitative estimate of drug-likeness (QED) is 0.696. The van der Waals surface area contributed by atoms with Gasteiger partial charge in [-0.05, 0) is 25.7 Å². The smallest absolute Gasteiger partial charge is 0.150 e. The number of rotatable bonds is 4. The van der Waals surface area contributed by atoms with Crippen molar-refractivity contribution in [3.05, 3.63) is 0 Å². The summed E-state index contributed by atoms with van der Waals surface area (Å²) in [6.07, 6.45) is 7.19. The van der Waals surface area contributed by atoms with Crippen LogP contribution < -0.4 is 16.8 Å². The lowest BCUT2D eigenvalue weighted by molar-refractivity contribution is -0.120. The van der Waals surface area contributed by atoms with Crippen LogP contribution in [-0.2, 0) is 4.79 Å². The third-order valence-electron chi connectivity index (χ3n) is 4.45. The Balaban J connectivity index is 1.60. The first-order valence-electron chi connectivity index (χ1n) is 7.13. The van der Waals surface area contributed by atoms with Crippen molar-refractivity contribution in [2.45, 2.75) is 67.3 Å². The summed E-state index contributed by atoms with van der Waals surface area (Å²) in [5.74, 6) is 0.629. The summed E-state index contributed by atoms with van der Waals surface area (Å²) >= 11 is 1.68. The van der Waals surface area contributed by atoms with Gasteiger partial charge < -0.3 is 16.8 Å². The Morgan fingerprint density at radius 1 is 1.06 bits per heavy atom. The Morgan fingerprint density at radius 2 is 1.72 bits per heavy atom. The van der Waals surface area contributed by atoms with E-state index in [1.54, 1.807) is 11.8 Å². The van der Waals surface area contributed by atoms with Gasteiger partial charge in [0.1, 0.15) is 0 Å². The molecule has 3 fully saturated rings.